The zero-order valence-electron chi connectivity index (χ0n) is 4.35. The predicted molar refractivity (Wildman–Crippen MR) is 28.1 cm³/mol. The lowest BCUT2D eigenvalue weighted by molar-refractivity contribution is -0.354. The highest BCUT2D eigenvalue weighted by Crippen LogP contribution is 1.88. The molecule has 0 heterocycles. The van der Waals surface area contributed by atoms with Gasteiger partial charge in [0.2, 0.25) is 0 Å². The molecule has 0 aliphatic carbocycles. The van der Waals surface area contributed by atoms with Crippen molar-refractivity contribution in [3.05, 3.63) is 19.3 Å². The second-order valence-electron chi connectivity index (χ2n) is 1.04. The SMILES string of the molecule is C=[O+]C(=O)OC(=C)[CH2-]. The van der Waals surface area contributed by atoms with Gasteiger partial charge >= 0.3 is 6.16 Å². The summed E-state index contributed by atoms with van der Waals surface area (Å²) in [5.41, 5.74) is 0. The first-order valence-electron chi connectivity index (χ1n) is 1.81. The normalized spacial score (nSPS) is 7.50. The average molecular weight is 114 g/mol. The maximum Gasteiger partial charge on any atom is 0.785 e. The standard InChI is InChI=1S/C5H6O3/c1-4(2)8-5(6)7-3/h1-3H2. The van der Waals surface area contributed by atoms with Crippen LogP contribution in [0.3, 0.4) is 0 Å². The topological polar surface area (TPSA) is 37.6 Å². The van der Waals surface area contributed by atoms with Crippen molar-refractivity contribution in [3.63, 3.8) is 0 Å². The highest BCUT2D eigenvalue weighted by atomic mass is 16.7. The Morgan fingerprint density at radius 3 is 2.38 bits per heavy atom. The van der Waals surface area contributed by atoms with Crippen LogP contribution in [0.2, 0.25) is 0 Å². The van der Waals surface area contributed by atoms with E-state index in [1.165, 1.54) is 0 Å². The number of carbonyl (C=O) groups excluding carboxylic acids is 2. The van der Waals surface area contributed by atoms with Crippen molar-refractivity contribution in [1.29, 1.82) is 0 Å². The van der Waals surface area contributed by atoms with Crippen molar-refractivity contribution in [1.82, 2.24) is 0 Å². The summed E-state index contributed by atoms with van der Waals surface area (Å²) in [4.78, 5) is 10.0. The van der Waals surface area contributed by atoms with E-state index in [0.717, 1.165) is 0 Å². The summed E-state index contributed by atoms with van der Waals surface area (Å²) < 4.78 is 8.02. The van der Waals surface area contributed by atoms with Gasteiger partial charge in [0, 0.05) is 10.6 Å². The van der Waals surface area contributed by atoms with Gasteiger partial charge in [0.1, 0.15) is 6.79 Å². The lowest BCUT2D eigenvalue weighted by Crippen LogP contribution is -1.97. The molecule has 0 amide bonds. The number of carbonyl (C=O) groups is 1. The molecule has 3 nitrogen and oxygen atoms in total. The molecule has 44 valence electrons. The van der Waals surface area contributed by atoms with Gasteiger partial charge in [-0.2, -0.15) is 13.5 Å². The first-order chi connectivity index (χ1) is 3.66. The Bertz CT molecular complexity index is 126. The molecule has 0 aromatic rings. The van der Waals surface area contributed by atoms with Crippen LogP contribution in [0.25, 0.3) is 0 Å². The largest absolute Gasteiger partial charge is 0.785 e. The quantitative estimate of drug-likeness (QED) is 0.219. The Labute approximate surface area is 47.3 Å². The van der Waals surface area contributed by atoms with Crippen molar-refractivity contribution in [3.8, 4) is 0 Å². The van der Waals surface area contributed by atoms with Crippen molar-refractivity contribution in [2.45, 2.75) is 0 Å². The third-order valence-corrected chi connectivity index (χ3v) is 0.346. The van der Waals surface area contributed by atoms with Gasteiger partial charge in [-0.25, -0.2) is 0 Å². The number of hydrogen-bond donors (Lipinski definition) is 0. The molecular weight excluding hydrogens is 108 g/mol. The number of ether oxygens (including phenoxy) is 1. The summed E-state index contributed by atoms with van der Waals surface area (Å²) in [6.07, 6.45) is -0.898. The molecule has 0 fully saturated rings. The van der Waals surface area contributed by atoms with Crippen molar-refractivity contribution in [2.75, 3.05) is 0 Å². The van der Waals surface area contributed by atoms with Crippen LogP contribution in [0.15, 0.2) is 12.3 Å². The summed E-state index contributed by atoms with van der Waals surface area (Å²) in [5, 5.41) is 0. The van der Waals surface area contributed by atoms with Crippen LogP contribution in [0.5, 0.6) is 0 Å². The molecule has 8 heavy (non-hydrogen) atoms. The minimum atomic E-state index is -0.898. The van der Waals surface area contributed by atoms with Crippen molar-refractivity contribution >= 4 is 12.9 Å². The van der Waals surface area contributed by atoms with Gasteiger partial charge in [-0.05, 0) is 0 Å². The molecule has 0 saturated carbocycles. The summed E-state index contributed by atoms with van der Waals surface area (Å²) in [6, 6.07) is 0. The van der Waals surface area contributed by atoms with E-state index in [-0.39, 0.29) is 5.76 Å². The fourth-order valence-electron chi connectivity index (χ4n) is 0.147. The molecule has 0 aromatic carbocycles. The molecule has 0 aliphatic heterocycles. The van der Waals surface area contributed by atoms with E-state index in [1.54, 1.807) is 0 Å². The zero-order valence-corrected chi connectivity index (χ0v) is 4.35. The smallest absolute Gasteiger partial charge is 0.314 e. The molecule has 0 saturated heterocycles. The van der Waals surface area contributed by atoms with E-state index in [1.807, 2.05) is 0 Å². The highest BCUT2D eigenvalue weighted by Gasteiger charge is 2.09. The predicted octanol–water partition coefficient (Wildman–Crippen LogP) is 0.835. The Kier molecular flexibility index (Phi) is 2.40. The van der Waals surface area contributed by atoms with E-state index >= 15 is 0 Å². The molecule has 3 heteroatoms. The van der Waals surface area contributed by atoms with Gasteiger partial charge in [-0.3, -0.25) is 4.42 Å². The lowest BCUT2D eigenvalue weighted by Gasteiger charge is -1.88. The van der Waals surface area contributed by atoms with Gasteiger partial charge in [-0.15, -0.1) is 0 Å². The average Bonchev–Trinajstić information content (AvgIpc) is 1.65. The molecule has 0 unspecified atom stereocenters. The fourth-order valence-corrected chi connectivity index (χ4v) is 0.147. The second-order valence-corrected chi connectivity index (χ2v) is 1.04. The Morgan fingerprint density at radius 2 is 2.25 bits per heavy atom. The van der Waals surface area contributed by atoms with Crippen molar-refractivity contribution in [2.24, 2.45) is 0 Å². The van der Waals surface area contributed by atoms with Crippen LogP contribution >= 0.6 is 0 Å². The summed E-state index contributed by atoms with van der Waals surface area (Å²) in [5.74, 6) is 0.0404. The lowest BCUT2D eigenvalue weighted by atomic mass is 10.7. The number of hydrogen-bond acceptors (Lipinski definition) is 2. The Hall–Kier alpha value is -1.25. The van der Waals surface area contributed by atoms with Crippen LogP contribution in [0.1, 0.15) is 0 Å². The number of allylic oxidation sites excluding steroid dienone is 1. The first kappa shape index (κ1) is 6.75. The van der Waals surface area contributed by atoms with E-state index in [2.05, 4.69) is 29.5 Å². The molecule has 0 spiro atoms. The molecule has 0 aliphatic rings. The third-order valence-electron chi connectivity index (χ3n) is 0.346. The zero-order chi connectivity index (χ0) is 6.57. The van der Waals surface area contributed by atoms with E-state index in [0.29, 0.717) is 0 Å². The Balaban J connectivity index is 3.55. The van der Waals surface area contributed by atoms with Gasteiger partial charge in [-0.1, -0.05) is 0 Å². The van der Waals surface area contributed by atoms with Crippen LogP contribution in [-0.4, -0.2) is 12.9 Å². The molecule has 0 rings (SSSR count). The molecular formula is C5H6O3. The van der Waals surface area contributed by atoms with Gasteiger partial charge < -0.3 is 4.74 Å². The highest BCUT2D eigenvalue weighted by molar-refractivity contribution is 5.58. The van der Waals surface area contributed by atoms with Gasteiger partial charge in [0.25, 0.3) is 0 Å². The monoisotopic (exact) mass is 114 g/mol. The molecule has 0 atom stereocenters. The van der Waals surface area contributed by atoms with Crippen molar-refractivity contribution < 1.29 is 14.0 Å². The van der Waals surface area contributed by atoms with E-state index in [4.69, 9.17) is 0 Å². The maximum atomic E-state index is 10.0. The summed E-state index contributed by atoms with van der Waals surface area (Å²) >= 11 is 0. The minimum absolute atomic E-state index is 0.0404. The summed E-state index contributed by atoms with van der Waals surface area (Å²) in [6.45, 7) is 9.16. The number of rotatable bonds is 1. The van der Waals surface area contributed by atoms with Crippen LogP contribution in [-0.2, 0) is 9.16 Å². The van der Waals surface area contributed by atoms with Gasteiger partial charge in [0.05, 0.1) is 0 Å². The van der Waals surface area contributed by atoms with Crippen LogP contribution < -0.4 is 0 Å². The first-order valence-corrected chi connectivity index (χ1v) is 1.81. The van der Waals surface area contributed by atoms with E-state index < -0.39 is 6.16 Å². The van der Waals surface area contributed by atoms with Gasteiger partial charge in [0.15, 0.2) is 0 Å². The second kappa shape index (κ2) is 2.85. The summed E-state index contributed by atoms with van der Waals surface area (Å²) in [7, 11) is 0. The minimum Gasteiger partial charge on any atom is -0.314 e. The molecule has 0 bridgehead atoms. The molecule has 0 radical (unpaired) electrons. The maximum absolute atomic E-state index is 10.0. The van der Waals surface area contributed by atoms with E-state index in [9.17, 15) is 4.79 Å². The van der Waals surface area contributed by atoms with Crippen LogP contribution in [0.4, 0.5) is 4.79 Å². The Morgan fingerprint density at radius 1 is 1.75 bits per heavy atom. The third kappa shape index (κ3) is 2.96. The van der Waals surface area contributed by atoms with Crippen LogP contribution in [0, 0.1) is 6.92 Å². The fraction of sp³-hybridized carbons (Fsp3) is 0. The molecule has 0 aromatic heterocycles. The molecule has 0 N–H and O–H groups in total.